The zero-order chi connectivity index (χ0) is 31.1. The first kappa shape index (κ1) is 30.3. The monoisotopic (exact) mass is 587 g/mol. The van der Waals surface area contributed by atoms with Gasteiger partial charge in [-0.15, -0.1) is 0 Å². The number of hydrogen-bond donors (Lipinski definition) is 3. The van der Waals surface area contributed by atoms with Crippen LogP contribution in [0.5, 0.6) is 0 Å². The van der Waals surface area contributed by atoms with Crippen molar-refractivity contribution >= 4 is 39.9 Å². The predicted octanol–water partition coefficient (Wildman–Crippen LogP) is 7.73. The molecule has 0 spiro atoms. The van der Waals surface area contributed by atoms with E-state index in [1.165, 1.54) is 5.56 Å². The standard InChI is InChI=1S/C37H37N3O4/c1-25(2)22-26-17-19-27(20-18-26)35(37(44)39-29-11-4-3-5-12-29)38-30-13-8-10-28(23-30)36(43)32-24-40(21-9-16-34(41)42)33-15-7-6-14-31(32)33/h3-8,10-15,17-20,23-25,35,38H,9,16,21-22H2,1-2H3,(H,39,44)(H,41,42). The van der Waals surface area contributed by atoms with E-state index in [-0.39, 0.29) is 18.1 Å². The van der Waals surface area contributed by atoms with Crippen LogP contribution in [0.4, 0.5) is 11.4 Å². The number of anilines is 2. The Morgan fingerprint density at radius 2 is 1.52 bits per heavy atom. The van der Waals surface area contributed by atoms with Crippen LogP contribution in [0.25, 0.3) is 10.9 Å². The summed E-state index contributed by atoms with van der Waals surface area (Å²) in [5.41, 5.74) is 5.27. The van der Waals surface area contributed by atoms with E-state index in [0.29, 0.717) is 41.4 Å². The van der Waals surface area contributed by atoms with Crippen LogP contribution in [0, 0.1) is 5.92 Å². The van der Waals surface area contributed by atoms with Gasteiger partial charge < -0.3 is 20.3 Å². The maximum absolute atomic E-state index is 13.8. The Balaban J connectivity index is 1.42. The van der Waals surface area contributed by atoms with Gasteiger partial charge in [-0.05, 0) is 60.2 Å². The molecule has 7 nitrogen and oxygen atoms in total. The Kier molecular flexibility index (Phi) is 9.55. The fourth-order valence-electron chi connectivity index (χ4n) is 5.44. The zero-order valence-electron chi connectivity index (χ0n) is 25.0. The van der Waals surface area contributed by atoms with Gasteiger partial charge in [-0.2, -0.15) is 0 Å². The first-order chi connectivity index (χ1) is 21.3. The van der Waals surface area contributed by atoms with E-state index in [9.17, 15) is 14.4 Å². The Morgan fingerprint density at radius 3 is 2.25 bits per heavy atom. The van der Waals surface area contributed by atoms with Crippen LogP contribution in [-0.4, -0.2) is 27.3 Å². The average molecular weight is 588 g/mol. The zero-order valence-corrected chi connectivity index (χ0v) is 25.0. The van der Waals surface area contributed by atoms with Gasteiger partial charge >= 0.3 is 5.97 Å². The minimum Gasteiger partial charge on any atom is -0.481 e. The van der Waals surface area contributed by atoms with Gasteiger partial charge in [-0.1, -0.05) is 86.6 Å². The number of amides is 1. The van der Waals surface area contributed by atoms with E-state index >= 15 is 0 Å². The summed E-state index contributed by atoms with van der Waals surface area (Å²) in [5.74, 6) is -0.682. The maximum Gasteiger partial charge on any atom is 0.303 e. The molecule has 0 aliphatic heterocycles. The largest absolute Gasteiger partial charge is 0.481 e. The summed E-state index contributed by atoms with van der Waals surface area (Å²) in [5, 5.41) is 16.3. The molecule has 0 aliphatic rings. The molecule has 44 heavy (non-hydrogen) atoms. The number of carboxylic acids is 1. The minimum atomic E-state index is -0.843. The number of para-hydroxylation sites is 2. The number of hydrogen-bond acceptors (Lipinski definition) is 4. The average Bonchev–Trinajstić information content (AvgIpc) is 3.38. The smallest absolute Gasteiger partial charge is 0.303 e. The van der Waals surface area contributed by atoms with E-state index in [1.807, 2.05) is 83.6 Å². The van der Waals surface area contributed by atoms with Crippen molar-refractivity contribution in [1.82, 2.24) is 4.57 Å². The molecule has 0 aliphatic carbocycles. The Bertz CT molecular complexity index is 1760. The van der Waals surface area contributed by atoms with Crippen molar-refractivity contribution in [2.24, 2.45) is 5.92 Å². The lowest BCUT2D eigenvalue weighted by Crippen LogP contribution is -2.27. The fourth-order valence-corrected chi connectivity index (χ4v) is 5.44. The molecule has 1 atom stereocenters. The lowest BCUT2D eigenvalue weighted by Gasteiger charge is -2.21. The molecular weight excluding hydrogens is 550 g/mol. The van der Waals surface area contributed by atoms with E-state index < -0.39 is 12.0 Å². The van der Waals surface area contributed by atoms with Crippen molar-refractivity contribution in [3.63, 3.8) is 0 Å². The van der Waals surface area contributed by atoms with Gasteiger partial charge in [0.1, 0.15) is 6.04 Å². The van der Waals surface area contributed by atoms with Gasteiger partial charge in [0.2, 0.25) is 0 Å². The third-order valence-corrected chi connectivity index (χ3v) is 7.52. The summed E-state index contributed by atoms with van der Waals surface area (Å²) in [6.07, 6.45) is 3.29. The van der Waals surface area contributed by atoms with Crippen LogP contribution < -0.4 is 10.6 Å². The Hall–Kier alpha value is -5.17. The predicted molar refractivity (Wildman–Crippen MR) is 175 cm³/mol. The number of benzene rings is 4. The Morgan fingerprint density at radius 1 is 0.818 bits per heavy atom. The van der Waals surface area contributed by atoms with Crippen LogP contribution in [-0.2, 0) is 22.6 Å². The number of aryl methyl sites for hydroxylation is 1. The third-order valence-electron chi connectivity index (χ3n) is 7.52. The highest BCUT2D eigenvalue weighted by molar-refractivity contribution is 6.16. The first-order valence-electron chi connectivity index (χ1n) is 14.9. The molecule has 5 rings (SSSR count). The summed E-state index contributed by atoms with van der Waals surface area (Å²) in [4.78, 5) is 38.5. The minimum absolute atomic E-state index is 0.0585. The topological polar surface area (TPSA) is 100 Å². The number of nitrogens with one attached hydrogen (secondary N) is 2. The molecule has 7 heteroatoms. The number of carbonyl (C=O) groups excluding carboxylic acids is 2. The van der Waals surface area contributed by atoms with E-state index in [4.69, 9.17) is 5.11 Å². The van der Waals surface area contributed by atoms with E-state index in [0.717, 1.165) is 22.9 Å². The Labute approximate surface area is 257 Å². The molecule has 0 saturated heterocycles. The van der Waals surface area contributed by atoms with Crippen molar-refractivity contribution in [3.05, 3.63) is 132 Å². The maximum atomic E-state index is 13.8. The fraction of sp³-hybridized carbons (Fsp3) is 0.216. The van der Waals surface area contributed by atoms with Crippen LogP contribution in [0.3, 0.4) is 0 Å². The highest BCUT2D eigenvalue weighted by Crippen LogP contribution is 2.27. The van der Waals surface area contributed by atoms with Crippen molar-refractivity contribution < 1.29 is 19.5 Å². The summed E-state index contributed by atoms with van der Waals surface area (Å²) in [6, 6.07) is 31.5. The molecule has 3 N–H and O–H groups in total. The number of fused-ring (bicyclic) bond motifs is 1. The third kappa shape index (κ3) is 7.42. The number of aromatic nitrogens is 1. The van der Waals surface area contributed by atoms with Gasteiger partial charge in [0, 0.05) is 52.6 Å². The van der Waals surface area contributed by atoms with Crippen LogP contribution >= 0.6 is 0 Å². The molecule has 1 aromatic heterocycles. The van der Waals surface area contributed by atoms with Crippen molar-refractivity contribution in [1.29, 1.82) is 0 Å². The molecule has 0 fully saturated rings. The molecule has 1 amide bonds. The van der Waals surface area contributed by atoms with Crippen molar-refractivity contribution in [3.8, 4) is 0 Å². The number of nitrogens with zero attached hydrogens (tertiary/aromatic N) is 1. The van der Waals surface area contributed by atoms with Crippen LogP contribution in [0.2, 0.25) is 0 Å². The molecule has 4 aromatic carbocycles. The molecular formula is C37H37N3O4. The second-order valence-corrected chi connectivity index (χ2v) is 11.4. The van der Waals surface area contributed by atoms with Crippen LogP contribution in [0.1, 0.15) is 59.8 Å². The second-order valence-electron chi connectivity index (χ2n) is 11.4. The van der Waals surface area contributed by atoms with Gasteiger partial charge in [0.15, 0.2) is 5.78 Å². The summed E-state index contributed by atoms with van der Waals surface area (Å²) < 4.78 is 1.94. The molecule has 0 radical (unpaired) electrons. The molecule has 5 aromatic rings. The summed E-state index contributed by atoms with van der Waals surface area (Å²) in [6.45, 7) is 4.85. The molecule has 224 valence electrons. The second kappa shape index (κ2) is 13.9. The van der Waals surface area contributed by atoms with Crippen molar-refractivity contribution in [2.75, 3.05) is 10.6 Å². The SMILES string of the molecule is CC(C)Cc1ccc(C(Nc2cccc(C(=O)c3cn(CCCC(=O)O)c4ccccc34)c2)C(=O)Nc2ccccc2)cc1. The number of carbonyl (C=O) groups is 3. The lowest BCUT2D eigenvalue weighted by molar-refractivity contribution is -0.137. The highest BCUT2D eigenvalue weighted by atomic mass is 16.4. The summed E-state index contributed by atoms with van der Waals surface area (Å²) in [7, 11) is 0. The summed E-state index contributed by atoms with van der Waals surface area (Å²) >= 11 is 0. The van der Waals surface area contributed by atoms with Gasteiger partial charge in [-0.3, -0.25) is 14.4 Å². The van der Waals surface area contributed by atoms with Gasteiger partial charge in [0.05, 0.1) is 0 Å². The van der Waals surface area contributed by atoms with E-state index in [1.54, 1.807) is 18.2 Å². The molecule has 0 saturated carbocycles. The number of rotatable bonds is 13. The highest BCUT2D eigenvalue weighted by Gasteiger charge is 2.22. The van der Waals surface area contributed by atoms with Gasteiger partial charge in [0.25, 0.3) is 5.91 Å². The molecule has 0 bridgehead atoms. The van der Waals surface area contributed by atoms with Gasteiger partial charge in [-0.25, -0.2) is 0 Å². The molecule has 1 heterocycles. The van der Waals surface area contributed by atoms with E-state index in [2.05, 4.69) is 36.6 Å². The van der Waals surface area contributed by atoms with Crippen molar-refractivity contribution in [2.45, 2.75) is 45.7 Å². The normalized spacial score (nSPS) is 11.8. The number of ketones is 1. The van der Waals surface area contributed by atoms with Crippen LogP contribution in [0.15, 0.2) is 109 Å². The molecule has 1 unspecified atom stereocenters. The first-order valence-corrected chi connectivity index (χ1v) is 14.9. The quantitative estimate of drug-likeness (QED) is 0.122. The number of aliphatic carboxylic acids is 1. The number of carboxylic acid groups (broad SMARTS) is 1. The lowest BCUT2D eigenvalue weighted by atomic mass is 9.98.